The number of ether oxygens (including phenoxy) is 1. The molecule has 106 valence electrons. The van der Waals surface area contributed by atoms with E-state index in [4.69, 9.17) is 10.00 Å². The number of hydrogen-bond donors (Lipinski definition) is 0. The van der Waals surface area contributed by atoms with Crippen molar-refractivity contribution in [1.82, 2.24) is 4.90 Å². The molecule has 0 unspecified atom stereocenters. The molecule has 1 aromatic rings. The molecule has 0 saturated carbocycles. The van der Waals surface area contributed by atoms with E-state index in [9.17, 15) is 9.18 Å². The Morgan fingerprint density at radius 1 is 1.55 bits per heavy atom. The maximum atomic E-state index is 13.2. The van der Waals surface area contributed by atoms with E-state index in [1.807, 2.05) is 6.07 Å². The fourth-order valence-corrected chi connectivity index (χ4v) is 2.53. The van der Waals surface area contributed by atoms with Crippen LogP contribution in [0.15, 0.2) is 18.2 Å². The number of nitrogens with zero attached hydrogens (tertiary/aromatic N) is 2. The molecule has 1 aliphatic heterocycles. The summed E-state index contributed by atoms with van der Waals surface area (Å²) in [6.07, 6.45) is 1.19. The van der Waals surface area contributed by atoms with Gasteiger partial charge in [0.25, 0.3) is 0 Å². The molecule has 2 rings (SSSR count). The van der Waals surface area contributed by atoms with Crippen molar-refractivity contribution in [2.45, 2.75) is 12.8 Å². The number of halogens is 1. The van der Waals surface area contributed by atoms with Crippen LogP contribution in [0.1, 0.15) is 17.5 Å². The summed E-state index contributed by atoms with van der Waals surface area (Å²) in [6.45, 7) is 1.84. The molecule has 0 aromatic heterocycles. The van der Waals surface area contributed by atoms with Crippen molar-refractivity contribution < 1.29 is 13.9 Å². The molecular weight excluding hydrogens is 259 g/mol. The minimum absolute atomic E-state index is 0.0584. The lowest BCUT2D eigenvalue weighted by Crippen LogP contribution is -2.28. The van der Waals surface area contributed by atoms with Gasteiger partial charge in [-0.05, 0) is 30.0 Å². The number of carbonyl (C=O) groups is 1. The summed E-state index contributed by atoms with van der Waals surface area (Å²) in [4.78, 5) is 13.6. The van der Waals surface area contributed by atoms with Gasteiger partial charge < -0.3 is 9.64 Å². The number of nitriles is 1. The van der Waals surface area contributed by atoms with Crippen LogP contribution in [0, 0.1) is 23.1 Å². The molecule has 1 saturated heterocycles. The minimum atomic E-state index is -0.500. The Balaban J connectivity index is 1.98. The van der Waals surface area contributed by atoms with Crippen LogP contribution < -0.4 is 0 Å². The van der Waals surface area contributed by atoms with Gasteiger partial charge in [-0.1, -0.05) is 6.07 Å². The summed E-state index contributed by atoms with van der Waals surface area (Å²) in [5.41, 5.74) is 0.956. The van der Waals surface area contributed by atoms with E-state index in [1.165, 1.54) is 6.07 Å². The number of hydrogen-bond acceptors (Lipinski definition) is 3. The van der Waals surface area contributed by atoms with Crippen LogP contribution in [-0.2, 0) is 16.0 Å². The molecule has 1 fully saturated rings. The lowest BCUT2D eigenvalue weighted by Gasteiger charge is -2.16. The first-order valence-corrected chi connectivity index (χ1v) is 6.59. The van der Waals surface area contributed by atoms with Gasteiger partial charge in [0.2, 0.25) is 5.91 Å². The molecule has 0 spiro atoms. The molecular formula is C15H17FN2O2. The first kappa shape index (κ1) is 14.5. The molecule has 0 radical (unpaired) electrons. The molecule has 1 heterocycles. The van der Waals surface area contributed by atoms with Crippen molar-refractivity contribution in [3.05, 3.63) is 35.1 Å². The monoisotopic (exact) mass is 276 g/mol. The molecule has 0 N–H and O–H groups in total. The zero-order valence-corrected chi connectivity index (χ0v) is 11.4. The Morgan fingerprint density at radius 2 is 2.35 bits per heavy atom. The molecule has 1 atom stereocenters. The smallest absolute Gasteiger partial charge is 0.223 e. The van der Waals surface area contributed by atoms with Gasteiger partial charge in [-0.25, -0.2) is 4.39 Å². The zero-order valence-electron chi connectivity index (χ0n) is 11.4. The summed E-state index contributed by atoms with van der Waals surface area (Å²) in [6, 6.07) is 6.40. The number of likely N-dealkylation sites (tertiary alicyclic amines) is 1. The second kappa shape index (κ2) is 6.49. The van der Waals surface area contributed by atoms with Gasteiger partial charge >= 0.3 is 0 Å². The first-order valence-electron chi connectivity index (χ1n) is 6.59. The van der Waals surface area contributed by atoms with E-state index in [2.05, 4.69) is 0 Å². The number of rotatable bonds is 5. The van der Waals surface area contributed by atoms with Gasteiger partial charge in [0, 0.05) is 26.6 Å². The third-order valence-electron chi connectivity index (χ3n) is 3.54. The summed E-state index contributed by atoms with van der Waals surface area (Å²) >= 11 is 0. The fourth-order valence-electron chi connectivity index (χ4n) is 2.53. The van der Waals surface area contributed by atoms with E-state index >= 15 is 0 Å². The number of methoxy groups -OCH3 is 1. The van der Waals surface area contributed by atoms with Gasteiger partial charge in [-0.3, -0.25) is 4.79 Å². The van der Waals surface area contributed by atoms with Crippen molar-refractivity contribution in [3.8, 4) is 6.07 Å². The predicted molar refractivity (Wildman–Crippen MR) is 71.4 cm³/mol. The normalized spacial score (nSPS) is 18.4. The van der Waals surface area contributed by atoms with E-state index in [0.29, 0.717) is 32.5 Å². The van der Waals surface area contributed by atoms with Crippen LogP contribution in [0.5, 0.6) is 0 Å². The molecule has 1 aromatic carbocycles. The van der Waals surface area contributed by atoms with Gasteiger partial charge in [0.05, 0.1) is 12.2 Å². The second-order valence-electron chi connectivity index (χ2n) is 5.03. The largest absolute Gasteiger partial charge is 0.383 e. The summed E-state index contributed by atoms with van der Waals surface area (Å²) in [7, 11) is 1.61. The van der Waals surface area contributed by atoms with Crippen LogP contribution in [0.4, 0.5) is 4.39 Å². The molecule has 0 bridgehead atoms. The first-order chi connectivity index (χ1) is 9.63. The average Bonchev–Trinajstić information content (AvgIpc) is 2.78. The average molecular weight is 276 g/mol. The Hall–Kier alpha value is -1.93. The predicted octanol–water partition coefficient (Wildman–Crippen LogP) is 1.73. The van der Waals surface area contributed by atoms with Gasteiger partial charge in [-0.15, -0.1) is 0 Å². The Morgan fingerprint density at radius 3 is 3.05 bits per heavy atom. The zero-order chi connectivity index (χ0) is 14.5. The molecule has 4 nitrogen and oxygen atoms in total. The maximum Gasteiger partial charge on any atom is 0.223 e. The van der Waals surface area contributed by atoms with Crippen molar-refractivity contribution in [1.29, 1.82) is 5.26 Å². The highest BCUT2D eigenvalue weighted by molar-refractivity contribution is 5.78. The minimum Gasteiger partial charge on any atom is -0.383 e. The standard InChI is InChI=1S/C15H17FN2O2/c1-20-5-4-18-10-12(8-15(18)19)6-11-2-3-14(16)13(7-11)9-17/h2-3,7,12H,4-6,8,10H2,1H3/t12-/m1/s1. The summed E-state index contributed by atoms with van der Waals surface area (Å²) < 4.78 is 18.2. The van der Waals surface area contributed by atoms with Gasteiger partial charge in [-0.2, -0.15) is 5.26 Å². The third-order valence-corrected chi connectivity index (χ3v) is 3.54. The van der Waals surface area contributed by atoms with Gasteiger partial charge in [0.1, 0.15) is 11.9 Å². The van der Waals surface area contributed by atoms with Crippen LogP contribution >= 0.6 is 0 Å². The molecule has 1 amide bonds. The Bertz CT molecular complexity index is 539. The summed E-state index contributed by atoms with van der Waals surface area (Å²) in [5.74, 6) is -0.147. The highest BCUT2D eigenvalue weighted by atomic mass is 19.1. The topological polar surface area (TPSA) is 53.3 Å². The van der Waals surface area contributed by atoms with Crippen molar-refractivity contribution >= 4 is 5.91 Å². The number of benzene rings is 1. The number of amides is 1. The van der Waals surface area contributed by atoms with Crippen molar-refractivity contribution in [3.63, 3.8) is 0 Å². The Labute approximate surface area is 117 Å². The molecule has 20 heavy (non-hydrogen) atoms. The van der Waals surface area contributed by atoms with E-state index in [0.717, 1.165) is 5.56 Å². The second-order valence-corrected chi connectivity index (χ2v) is 5.03. The third kappa shape index (κ3) is 3.34. The van der Waals surface area contributed by atoms with Crippen LogP contribution in [0.3, 0.4) is 0 Å². The quantitative estimate of drug-likeness (QED) is 0.823. The molecule has 1 aliphatic rings. The van der Waals surface area contributed by atoms with Crippen LogP contribution in [0.2, 0.25) is 0 Å². The van der Waals surface area contributed by atoms with E-state index in [-0.39, 0.29) is 17.4 Å². The summed E-state index contributed by atoms with van der Waals surface area (Å²) in [5, 5.41) is 8.82. The van der Waals surface area contributed by atoms with Crippen LogP contribution in [-0.4, -0.2) is 37.6 Å². The Kier molecular flexibility index (Phi) is 4.70. The highest BCUT2D eigenvalue weighted by Gasteiger charge is 2.29. The lowest BCUT2D eigenvalue weighted by molar-refractivity contribution is -0.128. The van der Waals surface area contributed by atoms with Crippen molar-refractivity contribution in [2.24, 2.45) is 5.92 Å². The SMILES string of the molecule is COCCN1C[C@H](Cc2ccc(F)c(C#N)c2)CC1=O. The van der Waals surface area contributed by atoms with E-state index < -0.39 is 5.82 Å². The lowest BCUT2D eigenvalue weighted by atomic mass is 9.97. The molecule has 0 aliphatic carbocycles. The highest BCUT2D eigenvalue weighted by Crippen LogP contribution is 2.22. The number of carbonyl (C=O) groups excluding carboxylic acids is 1. The van der Waals surface area contributed by atoms with Crippen LogP contribution in [0.25, 0.3) is 0 Å². The molecule has 5 heteroatoms. The van der Waals surface area contributed by atoms with E-state index in [1.54, 1.807) is 24.1 Å². The fraction of sp³-hybridized carbons (Fsp3) is 0.467. The van der Waals surface area contributed by atoms with Gasteiger partial charge in [0.15, 0.2) is 0 Å². The van der Waals surface area contributed by atoms with Crippen molar-refractivity contribution in [2.75, 3.05) is 26.8 Å². The maximum absolute atomic E-state index is 13.2.